The number of hydrogen-bond acceptors (Lipinski definition) is 7. The lowest BCUT2D eigenvalue weighted by molar-refractivity contribution is -0.115. The number of ketones is 1. The fourth-order valence-corrected chi connectivity index (χ4v) is 5.93. The lowest BCUT2D eigenvalue weighted by atomic mass is 9.67. The Labute approximate surface area is 216 Å². The zero-order valence-electron chi connectivity index (χ0n) is 20.9. The van der Waals surface area contributed by atoms with E-state index < -0.39 is 16.0 Å². The van der Waals surface area contributed by atoms with Gasteiger partial charge in [-0.25, -0.2) is 9.97 Å². The molecule has 0 bridgehead atoms. The third kappa shape index (κ3) is 4.52. The lowest BCUT2D eigenvalue weighted by Crippen LogP contribution is -2.40. The number of imidazole rings is 1. The van der Waals surface area contributed by atoms with Crippen molar-refractivity contribution in [3.63, 3.8) is 0 Å². The SMILES string of the molecule is CCS(O)(O)c1ccc(CC(=O)Nc2ccc3c(n2)C(C)CC(C)(c2nccn4ccnc24)C3=O)cc1. The van der Waals surface area contributed by atoms with Gasteiger partial charge in [-0.1, -0.05) is 19.1 Å². The van der Waals surface area contributed by atoms with E-state index in [0.717, 1.165) is 5.56 Å². The molecule has 1 aromatic carbocycles. The largest absolute Gasteiger partial charge is 0.310 e. The number of anilines is 1. The number of carbonyl (C=O) groups excluding carboxylic acids is 2. The summed E-state index contributed by atoms with van der Waals surface area (Å²) in [5.41, 5.74) is 2.39. The standard InChI is InChI=1S/C27H29N5O4S/c1-4-37(35,36)19-7-5-18(6-8-19)15-22(33)30-21-10-9-20-23(31-21)17(2)16-27(3,25(20)34)24-26-29-12-14-32(26)13-11-28-24/h5-14,17,35-36H,4,15-16H2,1-3H3,(H,30,31,33). The Hall–Kier alpha value is -3.60. The van der Waals surface area contributed by atoms with Gasteiger partial charge in [0.05, 0.1) is 28.1 Å². The van der Waals surface area contributed by atoms with Gasteiger partial charge in [0.15, 0.2) is 11.4 Å². The molecule has 1 aliphatic rings. The van der Waals surface area contributed by atoms with Crippen LogP contribution in [0.1, 0.15) is 60.4 Å². The van der Waals surface area contributed by atoms with Crippen LogP contribution < -0.4 is 5.32 Å². The van der Waals surface area contributed by atoms with Crippen LogP contribution in [0.15, 0.2) is 66.1 Å². The van der Waals surface area contributed by atoms with E-state index in [-0.39, 0.29) is 29.8 Å². The number of pyridine rings is 1. The number of Topliss-reactive ketones (excluding diaryl/α,β-unsaturated/α-hetero) is 1. The third-order valence-electron chi connectivity index (χ3n) is 7.02. The molecular formula is C27H29N5O4S. The van der Waals surface area contributed by atoms with Gasteiger partial charge in [-0.3, -0.25) is 23.7 Å². The maximum Gasteiger partial charge on any atom is 0.229 e. The molecule has 0 saturated carbocycles. The van der Waals surface area contributed by atoms with Crippen molar-refractivity contribution < 1.29 is 18.7 Å². The van der Waals surface area contributed by atoms with Crippen molar-refractivity contribution in [2.45, 2.75) is 49.8 Å². The van der Waals surface area contributed by atoms with Gasteiger partial charge in [0.1, 0.15) is 5.82 Å². The minimum Gasteiger partial charge on any atom is -0.310 e. The van der Waals surface area contributed by atoms with Crippen LogP contribution in [-0.4, -0.2) is 45.9 Å². The molecule has 3 N–H and O–H groups in total. The Balaban J connectivity index is 1.35. The van der Waals surface area contributed by atoms with Crippen LogP contribution in [0.4, 0.5) is 5.82 Å². The molecule has 0 radical (unpaired) electrons. The van der Waals surface area contributed by atoms with Gasteiger partial charge in [0, 0.05) is 42.0 Å². The second-order valence-corrected chi connectivity index (χ2v) is 12.0. The number of hydrogen-bond donors (Lipinski definition) is 3. The fourth-order valence-electron chi connectivity index (χ4n) is 5.02. The molecule has 2 unspecified atom stereocenters. The van der Waals surface area contributed by atoms with Gasteiger partial charge in [-0.15, -0.1) is 0 Å². The lowest BCUT2D eigenvalue weighted by Gasteiger charge is -2.36. The molecule has 2 atom stereocenters. The van der Waals surface area contributed by atoms with Crippen LogP contribution >= 0.6 is 10.6 Å². The van der Waals surface area contributed by atoms with E-state index in [1.165, 1.54) is 0 Å². The first kappa shape index (κ1) is 25.1. The summed E-state index contributed by atoms with van der Waals surface area (Å²) in [6.45, 7) is 5.65. The summed E-state index contributed by atoms with van der Waals surface area (Å²) >= 11 is 0. The fraction of sp³-hybridized carbons (Fsp3) is 0.296. The summed E-state index contributed by atoms with van der Waals surface area (Å²) < 4.78 is 22.0. The first-order chi connectivity index (χ1) is 17.6. The van der Waals surface area contributed by atoms with Crippen LogP contribution in [0.3, 0.4) is 0 Å². The smallest absolute Gasteiger partial charge is 0.229 e. The molecule has 4 aromatic rings. The number of fused-ring (bicyclic) bond motifs is 2. The summed E-state index contributed by atoms with van der Waals surface area (Å²) in [5, 5.41) is 2.82. The van der Waals surface area contributed by atoms with Crippen LogP contribution in [0.25, 0.3) is 5.65 Å². The predicted octanol–water partition coefficient (Wildman–Crippen LogP) is 5.08. The van der Waals surface area contributed by atoms with Crippen molar-refractivity contribution in [2.24, 2.45) is 0 Å². The van der Waals surface area contributed by atoms with Crippen molar-refractivity contribution in [3.8, 4) is 0 Å². The molecular weight excluding hydrogens is 490 g/mol. The molecule has 10 heteroatoms. The van der Waals surface area contributed by atoms with E-state index in [0.29, 0.717) is 39.7 Å². The van der Waals surface area contributed by atoms with Crippen molar-refractivity contribution >= 4 is 33.7 Å². The first-order valence-electron chi connectivity index (χ1n) is 12.1. The highest BCUT2D eigenvalue weighted by Crippen LogP contribution is 2.47. The molecule has 9 nitrogen and oxygen atoms in total. The summed E-state index contributed by atoms with van der Waals surface area (Å²) in [6, 6.07) is 10.1. The number of benzene rings is 1. The Morgan fingerprint density at radius 3 is 2.54 bits per heavy atom. The second-order valence-electron chi connectivity index (χ2n) is 9.65. The second kappa shape index (κ2) is 9.37. The Bertz CT molecular complexity index is 1500. The van der Waals surface area contributed by atoms with Crippen LogP contribution in [0.5, 0.6) is 0 Å². The van der Waals surface area contributed by atoms with Crippen LogP contribution in [0.2, 0.25) is 0 Å². The van der Waals surface area contributed by atoms with E-state index >= 15 is 0 Å². The molecule has 1 amide bonds. The summed E-state index contributed by atoms with van der Waals surface area (Å²) in [4.78, 5) is 40.5. The summed E-state index contributed by atoms with van der Waals surface area (Å²) in [7, 11) is -2.79. The average Bonchev–Trinajstić information content (AvgIpc) is 3.37. The molecule has 192 valence electrons. The van der Waals surface area contributed by atoms with E-state index in [2.05, 4.69) is 20.3 Å². The molecule has 0 fully saturated rings. The molecule has 37 heavy (non-hydrogen) atoms. The monoisotopic (exact) mass is 519 g/mol. The number of amides is 1. The molecule has 0 saturated heterocycles. The molecule has 5 rings (SSSR count). The Kier molecular flexibility index (Phi) is 6.35. The van der Waals surface area contributed by atoms with E-state index in [1.807, 2.05) is 30.6 Å². The van der Waals surface area contributed by atoms with E-state index in [9.17, 15) is 18.7 Å². The van der Waals surface area contributed by atoms with Gasteiger partial charge in [-0.05, 0) is 50.1 Å². The van der Waals surface area contributed by atoms with Gasteiger partial charge >= 0.3 is 0 Å². The van der Waals surface area contributed by atoms with Gasteiger partial charge in [0.25, 0.3) is 0 Å². The van der Waals surface area contributed by atoms with Gasteiger partial charge in [0.2, 0.25) is 5.91 Å². The van der Waals surface area contributed by atoms with Crippen LogP contribution in [0, 0.1) is 0 Å². The van der Waals surface area contributed by atoms with Crippen molar-refractivity contribution in [3.05, 3.63) is 83.7 Å². The minimum absolute atomic E-state index is 0.0441. The van der Waals surface area contributed by atoms with Crippen molar-refractivity contribution in [2.75, 3.05) is 11.1 Å². The molecule has 0 aliphatic heterocycles. The third-order valence-corrected chi connectivity index (χ3v) is 8.85. The first-order valence-corrected chi connectivity index (χ1v) is 13.8. The van der Waals surface area contributed by atoms with Gasteiger partial charge in [-0.2, -0.15) is 10.6 Å². The molecule has 3 aromatic heterocycles. The summed E-state index contributed by atoms with van der Waals surface area (Å²) in [5.74, 6) is 0.270. The minimum atomic E-state index is -2.79. The van der Waals surface area contributed by atoms with Crippen LogP contribution in [-0.2, 0) is 16.6 Å². The molecule has 0 spiro atoms. The molecule has 1 aliphatic carbocycles. The maximum absolute atomic E-state index is 13.7. The maximum atomic E-state index is 13.7. The molecule has 3 heterocycles. The van der Waals surface area contributed by atoms with E-state index in [1.54, 1.807) is 55.7 Å². The predicted molar refractivity (Wildman–Crippen MR) is 142 cm³/mol. The highest BCUT2D eigenvalue weighted by atomic mass is 32.3. The number of nitrogens with one attached hydrogen (secondary N) is 1. The number of carbonyl (C=O) groups is 2. The quantitative estimate of drug-likeness (QED) is 0.324. The van der Waals surface area contributed by atoms with Crippen molar-refractivity contribution in [1.29, 1.82) is 0 Å². The Morgan fingerprint density at radius 1 is 1.14 bits per heavy atom. The van der Waals surface area contributed by atoms with Crippen molar-refractivity contribution in [1.82, 2.24) is 19.4 Å². The highest BCUT2D eigenvalue weighted by molar-refractivity contribution is 8.24. The normalized spacial score (nSPS) is 20.0. The van der Waals surface area contributed by atoms with Gasteiger partial charge < -0.3 is 9.72 Å². The average molecular weight is 520 g/mol. The number of rotatable bonds is 6. The zero-order chi connectivity index (χ0) is 26.4. The number of aromatic nitrogens is 4. The topological polar surface area (TPSA) is 130 Å². The highest BCUT2D eigenvalue weighted by Gasteiger charge is 2.46. The zero-order valence-corrected chi connectivity index (χ0v) is 21.7. The number of nitrogens with zero attached hydrogens (tertiary/aromatic N) is 4. The summed E-state index contributed by atoms with van der Waals surface area (Å²) in [6.07, 6.45) is 7.64. The Morgan fingerprint density at radius 2 is 1.84 bits per heavy atom. The van der Waals surface area contributed by atoms with E-state index in [4.69, 9.17) is 0 Å².